The van der Waals surface area contributed by atoms with Gasteiger partial charge in [-0.3, -0.25) is 0 Å². The van der Waals surface area contributed by atoms with E-state index in [2.05, 4.69) is 4.98 Å². The molecule has 3 nitrogen and oxygen atoms in total. The Kier molecular flexibility index (Phi) is 5.49. The Bertz CT molecular complexity index is 1180. The lowest BCUT2D eigenvalue weighted by Gasteiger charge is -2.42. The number of alkyl halides is 1. The van der Waals surface area contributed by atoms with Gasteiger partial charge in [-0.05, 0) is 29.7 Å². The van der Waals surface area contributed by atoms with Gasteiger partial charge in [0, 0.05) is 16.5 Å². The smallest absolute Gasteiger partial charge is 0.231 e. The van der Waals surface area contributed by atoms with Crippen molar-refractivity contribution in [2.75, 3.05) is 0 Å². The van der Waals surface area contributed by atoms with Crippen LogP contribution in [0.4, 0.5) is 0 Å². The van der Waals surface area contributed by atoms with Crippen LogP contribution in [-0.4, -0.2) is 21.3 Å². The van der Waals surface area contributed by atoms with E-state index in [0.29, 0.717) is 17.3 Å². The molecule has 0 amide bonds. The highest BCUT2D eigenvalue weighted by Gasteiger charge is 2.52. The number of rotatable bonds is 4. The number of hydrogen-bond donors (Lipinski definition) is 1. The number of nitrogens with zero attached hydrogens (tertiary/aromatic N) is 1. The highest BCUT2D eigenvalue weighted by Crippen LogP contribution is 2.53. The Hall–Kier alpha value is -2.37. The Labute approximate surface area is 194 Å². The summed E-state index contributed by atoms with van der Waals surface area (Å²) in [6.07, 6.45) is -0.796. The van der Waals surface area contributed by atoms with Crippen LogP contribution >= 0.6 is 34.5 Å². The quantitative estimate of drug-likeness (QED) is 0.347. The molecule has 0 fully saturated rings. The van der Waals surface area contributed by atoms with E-state index in [1.54, 1.807) is 11.3 Å². The average molecular weight is 468 g/mol. The fourth-order valence-electron chi connectivity index (χ4n) is 4.03. The van der Waals surface area contributed by atoms with Crippen molar-refractivity contribution in [3.05, 3.63) is 106 Å². The maximum absolute atomic E-state index is 11.1. The van der Waals surface area contributed by atoms with E-state index in [9.17, 15) is 5.11 Å². The van der Waals surface area contributed by atoms with E-state index in [0.717, 1.165) is 26.6 Å². The van der Waals surface area contributed by atoms with Gasteiger partial charge in [0.1, 0.15) is 9.88 Å². The second-order valence-electron chi connectivity index (χ2n) is 7.60. The minimum absolute atomic E-state index is 0.319. The summed E-state index contributed by atoms with van der Waals surface area (Å²) in [5.41, 5.74) is 2.98. The highest BCUT2D eigenvalue weighted by atomic mass is 35.5. The second kappa shape index (κ2) is 8.29. The van der Waals surface area contributed by atoms with Crippen molar-refractivity contribution in [3.8, 4) is 16.5 Å². The van der Waals surface area contributed by atoms with Crippen molar-refractivity contribution in [1.29, 1.82) is 0 Å². The van der Waals surface area contributed by atoms with Crippen molar-refractivity contribution >= 4 is 34.5 Å². The SMILES string of the molecule is O[C@@H]1Oc2nc(-c3ccccc3)sc2[C@@H](c2ccc(Cl)cc2)[C@]1(Cl)Cc1ccccc1. The van der Waals surface area contributed by atoms with Crippen LogP contribution in [0.2, 0.25) is 5.02 Å². The number of thiazole rings is 1. The summed E-state index contributed by atoms with van der Waals surface area (Å²) in [5, 5.41) is 12.6. The van der Waals surface area contributed by atoms with Gasteiger partial charge in [-0.2, -0.15) is 0 Å². The third kappa shape index (κ3) is 3.85. The fourth-order valence-corrected chi connectivity index (χ4v) is 5.90. The van der Waals surface area contributed by atoms with E-state index in [1.807, 2.05) is 84.9 Å². The summed E-state index contributed by atoms with van der Waals surface area (Å²) in [6.45, 7) is 0. The van der Waals surface area contributed by atoms with Crippen LogP contribution < -0.4 is 4.74 Å². The van der Waals surface area contributed by atoms with E-state index in [-0.39, 0.29) is 5.92 Å². The number of ether oxygens (including phenoxy) is 1. The van der Waals surface area contributed by atoms with Gasteiger partial charge in [-0.1, -0.05) is 84.4 Å². The molecule has 0 saturated heterocycles. The summed E-state index contributed by atoms with van der Waals surface area (Å²) in [7, 11) is 0. The first kappa shape index (κ1) is 20.5. The Morgan fingerprint density at radius 2 is 1.58 bits per heavy atom. The van der Waals surface area contributed by atoms with Gasteiger partial charge in [-0.25, -0.2) is 4.98 Å². The van der Waals surface area contributed by atoms with Crippen molar-refractivity contribution in [2.45, 2.75) is 23.5 Å². The summed E-state index contributed by atoms with van der Waals surface area (Å²) < 4.78 is 5.89. The first-order chi connectivity index (χ1) is 15.0. The lowest BCUT2D eigenvalue weighted by atomic mass is 9.78. The molecule has 0 aliphatic carbocycles. The van der Waals surface area contributed by atoms with Gasteiger partial charge >= 0.3 is 0 Å². The Morgan fingerprint density at radius 3 is 2.26 bits per heavy atom. The molecule has 4 aromatic rings. The Balaban J connectivity index is 1.65. The molecule has 1 aromatic heterocycles. The van der Waals surface area contributed by atoms with Gasteiger partial charge in [0.05, 0.1) is 4.88 Å². The zero-order chi connectivity index (χ0) is 21.4. The monoisotopic (exact) mass is 467 g/mol. The lowest BCUT2D eigenvalue weighted by molar-refractivity contribution is -0.0678. The number of fused-ring (bicyclic) bond motifs is 1. The van der Waals surface area contributed by atoms with Crippen LogP contribution in [0.15, 0.2) is 84.9 Å². The largest absolute Gasteiger partial charge is 0.445 e. The number of hydrogen-bond acceptors (Lipinski definition) is 4. The van der Waals surface area contributed by atoms with Crippen LogP contribution in [0.1, 0.15) is 21.9 Å². The van der Waals surface area contributed by atoms with Crippen LogP contribution in [-0.2, 0) is 6.42 Å². The van der Waals surface area contributed by atoms with Gasteiger partial charge in [-0.15, -0.1) is 22.9 Å². The number of aliphatic hydroxyl groups excluding tert-OH is 1. The number of halogens is 2. The molecule has 1 N–H and O–H groups in total. The summed E-state index contributed by atoms with van der Waals surface area (Å²) in [5.74, 6) is 0.112. The van der Waals surface area contributed by atoms with Crippen molar-refractivity contribution in [3.63, 3.8) is 0 Å². The number of benzene rings is 3. The van der Waals surface area contributed by atoms with Gasteiger partial charge in [0.2, 0.25) is 12.2 Å². The minimum atomic E-state index is -1.23. The van der Waals surface area contributed by atoms with Crippen LogP contribution in [0.3, 0.4) is 0 Å². The molecular weight excluding hydrogens is 449 g/mol. The highest BCUT2D eigenvalue weighted by molar-refractivity contribution is 7.15. The maximum Gasteiger partial charge on any atom is 0.231 e. The predicted octanol–water partition coefficient (Wildman–Crippen LogP) is 6.53. The zero-order valence-electron chi connectivity index (χ0n) is 16.4. The third-order valence-corrected chi connectivity index (χ3v) is 7.48. The molecule has 31 heavy (non-hydrogen) atoms. The van der Waals surface area contributed by atoms with E-state index >= 15 is 0 Å². The van der Waals surface area contributed by atoms with Crippen molar-refractivity contribution < 1.29 is 9.84 Å². The molecule has 5 rings (SSSR count). The first-order valence-corrected chi connectivity index (χ1v) is 11.5. The normalized spacial score (nSPS) is 22.5. The summed E-state index contributed by atoms with van der Waals surface area (Å²) in [4.78, 5) is 4.48. The van der Waals surface area contributed by atoms with Gasteiger partial charge in [0.25, 0.3) is 0 Å². The molecule has 0 saturated carbocycles. The maximum atomic E-state index is 11.1. The molecule has 0 radical (unpaired) electrons. The number of aromatic nitrogens is 1. The van der Waals surface area contributed by atoms with E-state index in [1.165, 1.54) is 0 Å². The topological polar surface area (TPSA) is 42.4 Å². The molecule has 6 heteroatoms. The van der Waals surface area contributed by atoms with Crippen LogP contribution in [0.25, 0.3) is 10.6 Å². The van der Waals surface area contributed by atoms with Crippen molar-refractivity contribution in [1.82, 2.24) is 4.98 Å². The molecule has 3 aromatic carbocycles. The summed E-state index contributed by atoms with van der Waals surface area (Å²) in [6, 6.07) is 27.5. The molecule has 1 aliphatic rings. The molecule has 0 bridgehead atoms. The fraction of sp³-hybridized carbons (Fsp3) is 0.160. The second-order valence-corrected chi connectivity index (χ2v) is 9.77. The molecule has 1 aliphatic heterocycles. The van der Waals surface area contributed by atoms with E-state index in [4.69, 9.17) is 27.9 Å². The lowest BCUT2D eigenvalue weighted by Crippen LogP contribution is -2.50. The first-order valence-electron chi connectivity index (χ1n) is 9.94. The molecule has 2 heterocycles. The van der Waals surface area contributed by atoms with Gasteiger partial charge in [0.15, 0.2) is 0 Å². The molecule has 156 valence electrons. The van der Waals surface area contributed by atoms with E-state index < -0.39 is 11.2 Å². The van der Waals surface area contributed by atoms with Crippen LogP contribution in [0.5, 0.6) is 5.88 Å². The number of aliphatic hydroxyl groups is 1. The molecular formula is C25H19Cl2NO2S. The summed E-state index contributed by atoms with van der Waals surface area (Å²) >= 11 is 14.9. The Morgan fingerprint density at radius 1 is 0.935 bits per heavy atom. The third-order valence-electron chi connectivity index (χ3n) is 5.54. The van der Waals surface area contributed by atoms with Crippen LogP contribution in [0, 0.1) is 0 Å². The van der Waals surface area contributed by atoms with Gasteiger partial charge < -0.3 is 9.84 Å². The predicted molar refractivity (Wildman–Crippen MR) is 126 cm³/mol. The average Bonchev–Trinajstić information content (AvgIpc) is 3.20. The standard InChI is InChI=1S/C25H19Cl2NO2S/c26-19-13-11-17(12-14-19)20-21-22(28-23(31-21)18-9-5-2-6-10-18)30-24(29)25(20,27)15-16-7-3-1-4-8-16/h1-14,20,24,29H,15H2/t20-,24-,25-/m1/s1. The zero-order valence-corrected chi connectivity index (χ0v) is 18.7. The molecule has 3 atom stereocenters. The molecule has 0 spiro atoms. The van der Waals surface area contributed by atoms with Crippen molar-refractivity contribution in [2.24, 2.45) is 0 Å². The minimum Gasteiger partial charge on any atom is -0.445 e. The molecule has 0 unspecified atom stereocenters.